The minimum absolute atomic E-state index is 0.445. The lowest BCUT2D eigenvalue weighted by atomic mass is 10.5. The second-order valence-electron chi connectivity index (χ2n) is 1.28. The van der Waals surface area contributed by atoms with Crippen molar-refractivity contribution in [2.45, 2.75) is 0 Å². The molecule has 0 bridgehead atoms. The third-order valence-corrected chi connectivity index (χ3v) is 0.744. The monoisotopic (exact) mass is 111 g/mol. The van der Waals surface area contributed by atoms with Crippen molar-refractivity contribution in [1.29, 1.82) is 0 Å². The molecule has 42 valence electrons. The van der Waals surface area contributed by atoms with Gasteiger partial charge in [0.25, 0.3) is 0 Å². The summed E-state index contributed by atoms with van der Waals surface area (Å²) < 4.78 is 4.50. The summed E-state index contributed by atoms with van der Waals surface area (Å²) in [5, 5.41) is 0. The highest BCUT2D eigenvalue weighted by atomic mass is 16.4. The summed E-state index contributed by atoms with van der Waals surface area (Å²) >= 11 is 0. The van der Waals surface area contributed by atoms with E-state index in [2.05, 4.69) is 16.0 Å². The van der Waals surface area contributed by atoms with Crippen molar-refractivity contribution in [3.05, 3.63) is 29.1 Å². The van der Waals surface area contributed by atoms with Gasteiger partial charge in [0.05, 0.1) is 6.20 Å². The fourth-order valence-corrected chi connectivity index (χ4v) is 0.397. The molecule has 8 heavy (non-hydrogen) atoms. The number of oxazole rings is 1. The Hall–Kier alpha value is -1.25. The molecular formula is C5H5NO2. The highest BCUT2D eigenvalue weighted by molar-refractivity contribution is 5.36. The summed E-state index contributed by atoms with van der Waals surface area (Å²) in [7, 11) is 0. The van der Waals surface area contributed by atoms with E-state index in [-0.39, 0.29) is 0 Å². The second-order valence-corrected chi connectivity index (χ2v) is 1.28. The Morgan fingerprint density at radius 1 is 1.88 bits per heavy atom. The molecule has 1 aromatic heterocycles. The molecule has 1 aromatic rings. The largest absolute Gasteiger partial charge is 0.416 e. The molecule has 0 aliphatic heterocycles. The molecule has 0 aliphatic carbocycles. The first-order chi connectivity index (χ1) is 3.83. The van der Waals surface area contributed by atoms with E-state index in [0.717, 1.165) is 0 Å². The standard InChI is InChI=1S/C5H5NO2/c1-2-4-3-6-5(7)8-4/h2-3H,1H2,(H,6,7). The molecule has 0 fully saturated rings. The first-order valence-electron chi connectivity index (χ1n) is 2.14. The number of aromatic amines is 1. The van der Waals surface area contributed by atoms with Gasteiger partial charge in [-0.15, -0.1) is 0 Å². The maximum Gasteiger partial charge on any atom is 0.416 e. The van der Waals surface area contributed by atoms with E-state index in [0.29, 0.717) is 5.76 Å². The molecule has 1 heterocycles. The van der Waals surface area contributed by atoms with Gasteiger partial charge in [-0.25, -0.2) is 4.79 Å². The molecule has 0 amide bonds. The average molecular weight is 111 g/mol. The van der Waals surface area contributed by atoms with Gasteiger partial charge in [-0.3, -0.25) is 4.98 Å². The number of H-pyrrole nitrogens is 1. The summed E-state index contributed by atoms with van der Waals surface area (Å²) in [6.45, 7) is 3.39. The normalized spacial score (nSPS) is 9.00. The Kier molecular flexibility index (Phi) is 1.04. The third kappa shape index (κ3) is 0.703. The van der Waals surface area contributed by atoms with Crippen molar-refractivity contribution in [2.75, 3.05) is 0 Å². The fraction of sp³-hybridized carbons (Fsp3) is 0. The Morgan fingerprint density at radius 3 is 2.88 bits per heavy atom. The van der Waals surface area contributed by atoms with Crippen LogP contribution in [0.25, 0.3) is 6.08 Å². The van der Waals surface area contributed by atoms with E-state index < -0.39 is 5.76 Å². The van der Waals surface area contributed by atoms with E-state index in [1.54, 1.807) is 0 Å². The lowest BCUT2D eigenvalue weighted by Gasteiger charge is -1.70. The third-order valence-electron chi connectivity index (χ3n) is 0.744. The number of hydrogen-bond acceptors (Lipinski definition) is 2. The Labute approximate surface area is 45.6 Å². The average Bonchev–Trinajstić information content (AvgIpc) is 2.14. The molecule has 3 nitrogen and oxygen atoms in total. The zero-order valence-electron chi connectivity index (χ0n) is 4.18. The van der Waals surface area contributed by atoms with Crippen LogP contribution >= 0.6 is 0 Å². The topological polar surface area (TPSA) is 46.0 Å². The summed E-state index contributed by atoms with van der Waals surface area (Å²) in [5.41, 5.74) is 0. The van der Waals surface area contributed by atoms with Crippen LogP contribution in [0, 0.1) is 0 Å². The van der Waals surface area contributed by atoms with Crippen molar-refractivity contribution in [2.24, 2.45) is 0 Å². The molecule has 3 heteroatoms. The van der Waals surface area contributed by atoms with Gasteiger partial charge < -0.3 is 4.42 Å². The van der Waals surface area contributed by atoms with Crippen molar-refractivity contribution in [3.63, 3.8) is 0 Å². The van der Waals surface area contributed by atoms with Gasteiger partial charge in [-0.2, -0.15) is 0 Å². The molecule has 0 radical (unpaired) electrons. The minimum Gasteiger partial charge on any atom is -0.409 e. The SMILES string of the molecule is C=Cc1c[nH]c(=O)o1. The van der Waals surface area contributed by atoms with Crippen LogP contribution in [0.15, 0.2) is 22.0 Å². The predicted molar refractivity (Wildman–Crippen MR) is 29.4 cm³/mol. The Balaban J connectivity index is 3.18. The van der Waals surface area contributed by atoms with Gasteiger partial charge in [0.2, 0.25) is 0 Å². The van der Waals surface area contributed by atoms with E-state index in [9.17, 15) is 4.79 Å². The fourth-order valence-electron chi connectivity index (χ4n) is 0.397. The quantitative estimate of drug-likeness (QED) is 0.577. The van der Waals surface area contributed by atoms with Crippen LogP contribution in [0.2, 0.25) is 0 Å². The van der Waals surface area contributed by atoms with Gasteiger partial charge in [-0.05, 0) is 6.08 Å². The molecule has 0 unspecified atom stereocenters. The molecule has 0 spiro atoms. The van der Waals surface area contributed by atoms with Crippen molar-refractivity contribution < 1.29 is 4.42 Å². The first kappa shape index (κ1) is 4.90. The zero-order valence-corrected chi connectivity index (χ0v) is 4.18. The van der Waals surface area contributed by atoms with Gasteiger partial charge in [0.1, 0.15) is 5.76 Å². The maximum atomic E-state index is 10.2. The van der Waals surface area contributed by atoms with Gasteiger partial charge in [0.15, 0.2) is 0 Å². The van der Waals surface area contributed by atoms with Crippen LogP contribution in [0.4, 0.5) is 0 Å². The van der Waals surface area contributed by atoms with Crippen LogP contribution in [0.1, 0.15) is 5.76 Å². The first-order valence-corrected chi connectivity index (χ1v) is 2.14. The predicted octanol–water partition coefficient (Wildman–Crippen LogP) is 0.611. The van der Waals surface area contributed by atoms with Gasteiger partial charge >= 0.3 is 5.76 Å². The van der Waals surface area contributed by atoms with E-state index in [1.165, 1.54) is 12.3 Å². The molecule has 1 N–H and O–H groups in total. The van der Waals surface area contributed by atoms with E-state index in [1.807, 2.05) is 0 Å². The lowest BCUT2D eigenvalue weighted by molar-refractivity contribution is 0.507. The molecule has 0 saturated heterocycles. The van der Waals surface area contributed by atoms with E-state index >= 15 is 0 Å². The van der Waals surface area contributed by atoms with Crippen LogP contribution in [0.3, 0.4) is 0 Å². The smallest absolute Gasteiger partial charge is 0.409 e. The minimum atomic E-state index is -0.445. The van der Waals surface area contributed by atoms with Gasteiger partial charge in [0, 0.05) is 0 Å². The Bertz CT molecular complexity index is 233. The number of nitrogens with one attached hydrogen (secondary N) is 1. The highest BCUT2D eigenvalue weighted by Gasteiger charge is 1.87. The van der Waals surface area contributed by atoms with Crippen molar-refractivity contribution >= 4 is 6.08 Å². The number of aromatic nitrogens is 1. The molecular weight excluding hydrogens is 106 g/mol. The Morgan fingerprint density at radius 2 is 2.62 bits per heavy atom. The molecule has 0 aromatic carbocycles. The summed E-state index contributed by atoms with van der Waals surface area (Å²) in [6.07, 6.45) is 2.91. The molecule has 0 atom stereocenters. The van der Waals surface area contributed by atoms with Gasteiger partial charge in [-0.1, -0.05) is 6.58 Å². The highest BCUT2D eigenvalue weighted by Crippen LogP contribution is 1.90. The van der Waals surface area contributed by atoms with Crippen molar-refractivity contribution in [3.8, 4) is 0 Å². The lowest BCUT2D eigenvalue weighted by Crippen LogP contribution is -1.92. The number of rotatable bonds is 1. The molecule has 0 saturated carbocycles. The van der Waals surface area contributed by atoms with Crippen LogP contribution < -0.4 is 5.76 Å². The van der Waals surface area contributed by atoms with Crippen molar-refractivity contribution in [1.82, 2.24) is 4.98 Å². The molecule has 1 rings (SSSR count). The van der Waals surface area contributed by atoms with Crippen LogP contribution in [0.5, 0.6) is 0 Å². The van der Waals surface area contributed by atoms with Crippen LogP contribution in [-0.2, 0) is 0 Å². The molecule has 0 aliphatic rings. The number of hydrogen-bond donors (Lipinski definition) is 1. The summed E-state index contributed by atoms with van der Waals surface area (Å²) in [6, 6.07) is 0. The second kappa shape index (κ2) is 1.69. The maximum absolute atomic E-state index is 10.2. The van der Waals surface area contributed by atoms with Crippen LogP contribution in [-0.4, -0.2) is 4.98 Å². The summed E-state index contributed by atoms with van der Waals surface area (Å²) in [4.78, 5) is 12.5. The zero-order chi connectivity index (χ0) is 5.98. The summed E-state index contributed by atoms with van der Waals surface area (Å²) in [5.74, 6) is 0.0231. The van der Waals surface area contributed by atoms with E-state index in [4.69, 9.17) is 0 Å².